The lowest BCUT2D eigenvalue weighted by Gasteiger charge is -2.23. The van der Waals surface area contributed by atoms with E-state index in [9.17, 15) is 14.9 Å². The average molecular weight is 445 g/mol. The van der Waals surface area contributed by atoms with Crippen molar-refractivity contribution in [1.82, 2.24) is 0 Å². The van der Waals surface area contributed by atoms with Crippen LogP contribution in [-0.2, 0) is 16.0 Å². The largest absolute Gasteiger partial charge is 0.458 e. The van der Waals surface area contributed by atoms with Crippen LogP contribution >= 0.6 is 0 Å². The third kappa shape index (κ3) is 6.59. The molecule has 170 valence electrons. The number of hydrogen-bond acceptors (Lipinski definition) is 5. The molecular formula is C27H28N2O4. The molecule has 6 nitrogen and oxygen atoms in total. The minimum Gasteiger partial charge on any atom is -0.458 e. The van der Waals surface area contributed by atoms with E-state index in [-0.39, 0.29) is 12.1 Å². The number of aliphatic imine (C=N–C) groups is 1. The summed E-state index contributed by atoms with van der Waals surface area (Å²) in [5, 5.41) is 11.6. The van der Waals surface area contributed by atoms with E-state index < -0.39 is 22.5 Å². The molecule has 0 amide bonds. The molecule has 3 aromatic rings. The van der Waals surface area contributed by atoms with Gasteiger partial charge in [-0.2, -0.15) is 0 Å². The first kappa shape index (κ1) is 23.9. The van der Waals surface area contributed by atoms with Gasteiger partial charge in [0.05, 0.1) is 10.6 Å². The zero-order valence-electron chi connectivity index (χ0n) is 19.3. The molecule has 3 aromatic carbocycles. The molecule has 0 bridgehead atoms. The summed E-state index contributed by atoms with van der Waals surface area (Å²) < 4.78 is 5.66. The maximum absolute atomic E-state index is 13.2. The monoisotopic (exact) mass is 444 g/mol. The van der Waals surface area contributed by atoms with E-state index >= 15 is 0 Å². The summed E-state index contributed by atoms with van der Waals surface area (Å²) in [7, 11) is 0. The molecule has 0 unspecified atom stereocenters. The van der Waals surface area contributed by atoms with E-state index in [0.29, 0.717) is 11.3 Å². The van der Waals surface area contributed by atoms with Gasteiger partial charge in [0.25, 0.3) is 5.69 Å². The Balaban J connectivity index is 2.14. The van der Waals surface area contributed by atoms with Gasteiger partial charge < -0.3 is 4.74 Å². The summed E-state index contributed by atoms with van der Waals surface area (Å²) in [4.78, 5) is 29.3. The standard InChI is InChI=1S/C27H28N2O4/c1-19-15-16-24(29(31)32)22(17-19)18-23(26(30)33-27(2,3)4)28-25(20-11-7-5-8-12-20)21-13-9-6-10-14-21/h5-17,23H,18H2,1-4H3/t23-/m0/s1. The van der Waals surface area contributed by atoms with E-state index in [0.717, 1.165) is 16.7 Å². The van der Waals surface area contributed by atoms with Crippen molar-refractivity contribution in [2.45, 2.75) is 45.8 Å². The highest BCUT2D eigenvalue weighted by Gasteiger charge is 2.28. The van der Waals surface area contributed by atoms with E-state index in [1.165, 1.54) is 6.07 Å². The molecule has 0 N–H and O–H groups in total. The third-order valence-corrected chi connectivity index (χ3v) is 4.90. The first-order chi connectivity index (χ1) is 15.6. The number of ether oxygens (including phenoxy) is 1. The molecule has 0 heterocycles. The van der Waals surface area contributed by atoms with Gasteiger partial charge in [-0.15, -0.1) is 0 Å². The van der Waals surface area contributed by atoms with Crippen molar-refractivity contribution < 1.29 is 14.5 Å². The fourth-order valence-corrected chi connectivity index (χ4v) is 3.48. The van der Waals surface area contributed by atoms with Crippen molar-refractivity contribution in [2.75, 3.05) is 0 Å². The minimum atomic E-state index is -0.958. The average Bonchev–Trinajstić information content (AvgIpc) is 2.76. The Morgan fingerprint density at radius 1 is 0.970 bits per heavy atom. The number of carbonyl (C=O) groups excluding carboxylic acids is 1. The van der Waals surface area contributed by atoms with Gasteiger partial charge in [-0.1, -0.05) is 72.3 Å². The maximum atomic E-state index is 13.2. The van der Waals surface area contributed by atoms with Gasteiger partial charge in [0.15, 0.2) is 6.04 Å². The van der Waals surface area contributed by atoms with Gasteiger partial charge in [0, 0.05) is 29.2 Å². The van der Waals surface area contributed by atoms with E-state index in [4.69, 9.17) is 9.73 Å². The lowest BCUT2D eigenvalue weighted by atomic mass is 9.99. The van der Waals surface area contributed by atoms with Crippen molar-refractivity contribution >= 4 is 17.4 Å². The Morgan fingerprint density at radius 2 is 1.52 bits per heavy atom. The van der Waals surface area contributed by atoms with Crippen LogP contribution in [0.25, 0.3) is 0 Å². The first-order valence-corrected chi connectivity index (χ1v) is 10.8. The van der Waals surface area contributed by atoms with Gasteiger partial charge in [-0.25, -0.2) is 4.79 Å². The Morgan fingerprint density at radius 3 is 2.00 bits per heavy atom. The topological polar surface area (TPSA) is 81.8 Å². The molecule has 3 rings (SSSR count). The van der Waals surface area contributed by atoms with E-state index in [2.05, 4.69) is 0 Å². The van der Waals surface area contributed by atoms with Crippen LogP contribution in [0.2, 0.25) is 0 Å². The zero-order valence-corrected chi connectivity index (χ0v) is 19.3. The quantitative estimate of drug-likeness (QED) is 0.203. The first-order valence-electron chi connectivity index (χ1n) is 10.8. The number of carbonyl (C=O) groups is 1. The summed E-state index contributed by atoms with van der Waals surface area (Å²) in [6, 6.07) is 23.1. The number of hydrogen-bond donors (Lipinski definition) is 0. The minimum absolute atomic E-state index is 0.0367. The van der Waals surface area contributed by atoms with Crippen LogP contribution in [0.15, 0.2) is 83.9 Å². The van der Waals surface area contributed by atoms with Gasteiger partial charge in [0.2, 0.25) is 0 Å². The Labute approximate surface area is 194 Å². The molecule has 0 aliphatic carbocycles. The van der Waals surface area contributed by atoms with Crippen molar-refractivity contribution in [1.29, 1.82) is 0 Å². The Kier molecular flexibility index (Phi) is 7.38. The highest BCUT2D eigenvalue weighted by molar-refractivity contribution is 6.13. The molecule has 0 aliphatic heterocycles. The van der Waals surface area contributed by atoms with Gasteiger partial charge >= 0.3 is 5.97 Å². The summed E-state index contributed by atoms with van der Waals surface area (Å²) in [6.07, 6.45) is 0.0517. The fraction of sp³-hybridized carbons (Fsp3) is 0.259. The number of rotatable bonds is 7. The molecule has 0 spiro atoms. The van der Waals surface area contributed by atoms with Crippen LogP contribution in [0.1, 0.15) is 43.0 Å². The predicted octanol–water partition coefficient (Wildman–Crippen LogP) is 5.69. The highest BCUT2D eigenvalue weighted by atomic mass is 16.6. The Bertz CT molecular complexity index is 1110. The fourth-order valence-electron chi connectivity index (χ4n) is 3.48. The second-order valence-corrected chi connectivity index (χ2v) is 8.85. The number of esters is 1. The van der Waals surface area contributed by atoms with Gasteiger partial charge in [-0.05, 0) is 33.8 Å². The molecule has 6 heteroatoms. The SMILES string of the molecule is Cc1ccc([N+](=O)[O-])c(C[C@H](N=C(c2ccccc2)c2ccccc2)C(=O)OC(C)(C)C)c1. The van der Waals surface area contributed by atoms with Crippen LogP contribution in [-0.4, -0.2) is 28.2 Å². The normalized spacial score (nSPS) is 12.0. The predicted molar refractivity (Wildman–Crippen MR) is 130 cm³/mol. The zero-order chi connectivity index (χ0) is 24.0. The van der Waals surface area contributed by atoms with Gasteiger partial charge in [0.1, 0.15) is 5.60 Å². The van der Waals surface area contributed by atoms with Crippen molar-refractivity contribution in [2.24, 2.45) is 4.99 Å². The number of nitrogens with zero attached hydrogens (tertiary/aromatic N) is 2. The van der Waals surface area contributed by atoms with Crippen LogP contribution in [0.4, 0.5) is 5.69 Å². The number of nitro benzene ring substituents is 1. The summed E-state index contributed by atoms with van der Waals surface area (Å²) in [5.41, 5.74) is 2.87. The smallest absolute Gasteiger partial charge is 0.331 e. The molecule has 1 atom stereocenters. The third-order valence-electron chi connectivity index (χ3n) is 4.90. The molecule has 0 fully saturated rings. The molecule has 33 heavy (non-hydrogen) atoms. The molecule has 0 aliphatic rings. The lowest BCUT2D eigenvalue weighted by molar-refractivity contribution is -0.385. The summed E-state index contributed by atoms with van der Waals surface area (Å²) in [5.74, 6) is -0.525. The van der Waals surface area contributed by atoms with Crippen LogP contribution < -0.4 is 0 Å². The van der Waals surface area contributed by atoms with E-state index in [1.54, 1.807) is 32.9 Å². The molecule has 0 radical (unpaired) electrons. The molecule has 0 saturated heterocycles. The number of nitro groups is 1. The van der Waals surface area contributed by atoms with E-state index in [1.807, 2.05) is 67.6 Å². The van der Waals surface area contributed by atoms with Crippen LogP contribution in [0.3, 0.4) is 0 Å². The van der Waals surface area contributed by atoms with Crippen molar-refractivity contribution in [3.63, 3.8) is 0 Å². The van der Waals surface area contributed by atoms with Crippen LogP contribution in [0.5, 0.6) is 0 Å². The second kappa shape index (κ2) is 10.2. The van der Waals surface area contributed by atoms with Gasteiger partial charge in [-0.3, -0.25) is 15.1 Å². The molecule has 0 aromatic heterocycles. The number of benzene rings is 3. The Hall–Kier alpha value is -3.80. The lowest BCUT2D eigenvalue weighted by Crippen LogP contribution is -2.33. The van der Waals surface area contributed by atoms with Crippen molar-refractivity contribution in [3.05, 3.63) is 111 Å². The maximum Gasteiger partial charge on any atom is 0.331 e. The molecular weight excluding hydrogens is 416 g/mol. The summed E-state index contributed by atoms with van der Waals surface area (Å²) >= 11 is 0. The summed E-state index contributed by atoms with van der Waals surface area (Å²) in [6.45, 7) is 7.22. The highest BCUT2D eigenvalue weighted by Crippen LogP contribution is 2.24. The molecule has 0 saturated carbocycles. The van der Waals surface area contributed by atoms with Crippen molar-refractivity contribution in [3.8, 4) is 0 Å². The van der Waals surface area contributed by atoms with Crippen LogP contribution in [0, 0.1) is 17.0 Å². The number of aryl methyl sites for hydroxylation is 1. The second-order valence-electron chi connectivity index (χ2n) is 8.85.